The molecule has 1 heterocycles. The molecule has 8 heteroatoms. The van der Waals surface area contributed by atoms with Crippen LogP contribution < -0.4 is 0 Å². The van der Waals surface area contributed by atoms with E-state index >= 15 is 0 Å². The standard InChI is InChI=1S/C26H40O8/c1-15(19(34-31)13-18-16(2)12-21(28)33-18)8-9-20-24(3)10-7-11-25(4,23(29)32-6)22(24)17(27)14-26(20,5)30/h12,17-20,22,27,30-31H,1,7-11,13-14H2,2-6H3/t17-,18-,19-,20+,22+,24+,25+,26+/m0/s1. The molecule has 0 aromatic carbocycles. The second-order valence-electron chi connectivity index (χ2n) is 11.3. The molecule has 2 aliphatic carbocycles. The summed E-state index contributed by atoms with van der Waals surface area (Å²) in [6, 6.07) is 0. The molecule has 2 fully saturated rings. The number of cyclic esters (lactones) is 1. The van der Waals surface area contributed by atoms with E-state index in [0.717, 1.165) is 18.4 Å². The van der Waals surface area contributed by atoms with Crippen molar-refractivity contribution < 1.29 is 39.4 Å². The van der Waals surface area contributed by atoms with Gasteiger partial charge in [0.2, 0.25) is 0 Å². The maximum absolute atomic E-state index is 12.8. The predicted octanol–water partition coefficient (Wildman–Crippen LogP) is 3.56. The SMILES string of the molecule is C=C(CC[C@@H]1[C@@]2(C)CCC[C@@](C)(C(=O)OC)[C@@H]2[C@@H](O)C[C@@]1(C)O)[C@H](C[C@@H]1OC(=O)C=C1C)OO. The van der Waals surface area contributed by atoms with Crippen molar-refractivity contribution in [1.82, 2.24) is 0 Å². The van der Waals surface area contributed by atoms with E-state index in [1.807, 2.05) is 6.92 Å². The van der Waals surface area contributed by atoms with Crippen LogP contribution in [0.3, 0.4) is 0 Å². The summed E-state index contributed by atoms with van der Waals surface area (Å²) in [7, 11) is 1.37. The van der Waals surface area contributed by atoms with Crippen LogP contribution in [0, 0.1) is 22.7 Å². The Balaban J connectivity index is 1.79. The van der Waals surface area contributed by atoms with Gasteiger partial charge in [0.05, 0.1) is 24.2 Å². The molecule has 2 saturated carbocycles. The summed E-state index contributed by atoms with van der Waals surface area (Å²) in [4.78, 5) is 29.0. The molecule has 0 amide bonds. The van der Waals surface area contributed by atoms with Crippen molar-refractivity contribution in [3.8, 4) is 0 Å². The van der Waals surface area contributed by atoms with Crippen molar-refractivity contribution in [2.45, 2.75) is 96.6 Å². The lowest BCUT2D eigenvalue weighted by molar-refractivity contribution is -0.273. The Bertz CT molecular complexity index is 848. The number of aliphatic hydroxyl groups excluding tert-OH is 1. The lowest BCUT2D eigenvalue weighted by Gasteiger charge is -2.62. The van der Waals surface area contributed by atoms with Crippen LogP contribution in [-0.2, 0) is 24.0 Å². The summed E-state index contributed by atoms with van der Waals surface area (Å²) < 4.78 is 10.4. The third-order valence-corrected chi connectivity index (χ3v) is 8.89. The smallest absolute Gasteiger partial charge is 0.331 e. The van der Waals surface area contributed by atoms with Gasteiger partial charge in [0.25, 0.3) is 0 Å². The number of hydrogen-bond acceptors (Lipinski definition) is 8. The monoisotopic (exact) mass is 480 g/mol. The molecule has 1 aliphatic heterocycles. The highest BCUT2D eigenvalue weighted by Gasteiger charge is 2.64. The van der Waals surface area contributed by atoms with Crippen molar-refractivity contribution in [3.05, 3.63) is 23.8 Å². The first-order valence-corrected chi connectivity index (χ1v) is 12.2. The number of esters is 2. The molecule has 3 rings (SSSR count). The fraction of sp³-hybridized carbons (Fsp3) is 0.769. The number of ether oxygens (including phenoxy) is 2. The van der Waals surface area contributed by atoms with Crippen molar-refractivity contribution in [2.24, 2.45) is 22.7 Å². The van der Waals surface area contributed by atoms with Gasteiger partial charge in [0.15, 0.2) is 0 Å². The third kappa shape index (κ3) is 4.70. The number of carbonyl (C=O) groups excluding carboxylic acids is 2. The normalized spacial score (nSPS) is 40.7. The zero-order valence-corrected chi connectivity index (χ0v) is 21.0. The average Bonchev–Trinajstić information content (AvgIpc) is 3.06. The first kappa shape index (κ1) is 26.9. The van der Waals surface area contributed by atoms with Crippen molar-refractivity contribution >= 4 is 11.9 Å². The molecule has 0 spiro atoms. The minimum atomic E-state index is -1.14. The zero-order valence-electron chi connectivity index (χ0n) is 21.0. The average molecular weight is 481 g/mol. The summed E-state index contributed by atoms with van der Waals surface area (Å²) in [5, 5.41) is 32.1. The molecule has 0 unspecified atom stereocenters. The fourth-order valence-corrected chi connectivity index (χ4v) is 7.38. The zero-order chi connectivity index (χ0) is 25.5. The van der Waals surface area contributed by atoms with Crippen LogP contribution in [0.1, 0.15) is 72.6 Å². The van der Waals surface area contributed by atoms with Crippen LogP contribution in [0.25, 0.3) is 0 Å². The maximum Gasteiger partial charge on any atom is 0.331 e. The highest BCUT2D eigenvalue weighted by Crippen LogP contribution is 2.63. The topological polar surface area (TPSA) is 123 Å². The lowest BCUT2D eigenvalue weighted by Crippen LogP contribution is -2.64. The molecule has 0 aromatic rings. The van der Waals surface area contributed by atoms with Gasteiger partial charge in [-0.3, -0.25) is 10.1 Å². The fourth-order valence-electron chi connectivity index (χ4n) is 7.38. The van der Waals surface area contributed by atoms with Crippen LogP contribution in [-0.4, -0.2) is 58.4 Å². The molecular weight excluding hydrogens is 440 g/mol. The Morgan fingerprint density at radius 3 is 2.56 bits per heavy atom. The van der Waals surface area contributed by atoms with Crippen LogP contribution in [0.15, 0.2) is 23.8 Å². The minimum absolute atomic E-state index is 0.166. The van der Waals surface area contributed by atoms with Gasteiger partial charge in [-0.1, -0.05) is 19.9 Å². The molecule has 8 nitrogen and oxygen atoms in total. The first-order chi connectivity index (χ1) is 15.8. The Morgan fingerprint density at radius 2 is 2.00 bits per heavy atom. The van der Waals surface area contributed by atoms with Crippen LogP contribution >= 0.6 is 0 Å². The second kappa shape index (κ2) is 9.72. The van der Waals surface area contributed by atoms with E-state index in [2.05, 4.69) is 13.5 Å². The highest BCUT2D eigenvalue weighted by molar-refractivity contribution is 5.85. The van der Waals surface area contributed by atoms with Crippen molar-refractivity contribution in [2.75, 3.05) is 7.11 Å². The molecule has 0 saturated heterocycles. The Labute approximate surface area is 201 Å². The van der Waals surface area contributed by atoms with Crippen LogP contribution in [0.5, 0.6) is 0 Å². The van der Waals surface area contributed by atoms with Gasteiger partial charge in [-0.25, -0.2) is 9.68 Å². The molecule has 34 heavy (non-hydrogen) atoms. The third-order valence-electron chi connectivity index (χ3n) is 8.89. The molecule has 3 aliphatic rings. The molecule has 3 N–H and O–H groups in total. The number of methoxy groups -OCH3 is 1. The second-order valence-corrected chi connectivity index (χ2v) is 11.3. The van der Waals surface area contributed by atoms with E-state index in [4.69, 9.17) is 14.4 Å². The van der Waals surface area contributed by atoms with Gasteiger partial charge < -0.3 is 19.7 Å². The van der Waals surface area contributed by atoms with Gasteiger partial charge in [0.1, 0.15) is 12.2 Å². The van der Waals surface area contributed by atoms with Gasteiger partial charge >= 0.3 is 11.9 Å². The lowest BCUT2D eigenvalue weighted by atomic mass is 9.44. The number of aliphatic hydroxyl groups is 2. The van der Waals surface area contributed by atoms with E-state index in [9.17, 15) is 25.1 Å². The molecule has 0 bridgehead atoms. The quantitative estimate of drug-likeness (QED) is 0.209. The highest BCUT2D eigenvalue weighted by atomic mass is 17.1. The summed E-state index contributed by atoms with van der Waals surface area (Å²) in [5.74, 6) is -1.31. The molecule has 0 radical (unpaired) electrons. The largest absolute Gasteiger partial charge is 0.469 e. The van der Waals surface area contributed by atoms with Gasteiger partial charge in [-0.2, -0.15) is 0 Å². The number of fused-ring (bicyclic) bond motifs is 1. The minimum Gasteiger partial charge on any atom is -0.469 e. The number of carbonyl (C=O) groups is 2. The van der Waals surface area contributed by atoms with Crippen molar-refractivity contribution in [1.29, 1.82) is 0 Å². The van der Waals surface area contributed by atoms with Gasteiger partial charge in [0, 0.05) is 24.8 Å². The maximum atomic E-state index is 12.8. The van der Waals surface area contributed by atoms with Crippen LogP contribution in [0.2, 0.25) is 0 Å². The molecular formula is C26H40O8. The summed E-state index contributed by atoms with van der Waals surface area (Å²) in [5.41, 5.74) is -1.08. The predicted molar refractivity (Wildman–Crippen MR) is 124 cm³/mol. The van der Waals surface area contributed by atoms with E-state index in [0.29, 0.717) is 24.8 Å². The Kier molecular flexibility index (Phi) is 7.68. The summed E-state index contributed by atoms with van der Waals surface area (Å²) in [6.45, 7) is 11.6. The van der Waals surface area contributed by atoms with E-state index in [1.165, 1.54) is 13.2 Å². The molecule has 8 atom stereocenters. The van der Waals surface area contributed by atoms with Gasteiger partial charge in [-0.15, -0.1) is 0 Å². The van der Waals surface area contributed by atoms with Crippen LogP contribution in [0.4, 0.5) is 0 Å². The van der Waals surface area contributed by atoms with Crippen molar-refractivity contribution in [3.63, 3.8) is 0 Å². The van der Waals surface area contributed by atoms with E-state index in [1.54, 1.807) is 13.8 Å². The first-order valence-electron chi connectivity index (χ1n) is 12.2. The summed E-state index contributed by atoms with van der Waals surface area (Å²) >= 11 is 0. The Morgan fingerprint density at radius 1 is 1.32 bits per heavy atom. The van der Waals surface area contributed by atoms with E-state index in [-0.39, 0.29) is 30.6 Å². The molecule has 0 aromatic heterocycles. The van der Waals surface area contributed by atoms with Gasteiger partial charge in [-0.05, 0) is 68.9 Å². The van der Waals surface area contributed by atoms with E-state index < -0.39 is 40.7 Å². The number of hydrogen-bond donors (Lipinski definition) is 3. The number of rotatable bonds is 8. The Hall–Kier alpha value is -1.74. The molecule has 192 valence electrons. The summed E-state index contributed by atoms with van der Waals surface area (Å²) in [6.07, 6.45) is 3.01.